The lowest BCUT2D eigenvalue weighted by Crippen LogP contribution is -2.35. The average molecular weight is 190 g/mol. The lowest BCUT2D eigenvalue weighted by molar-refractivity contribution is -0.120. The van der Waals surface area contributed by atoms with Crippen molar-refractivity contribution in [1.82, 2.24) is 10.6 Å². The zero-order valence-corrected chi connectivity index (χ0v) is 7.99. The molecular weight excluding hydrogens is 176 g/mol. The smallest absolute Gasteiger partial charge is 0.237 e. The molecule has 1 aliphatic rings. The number of amides is 1. The Hall–Kier alpha value is -1.35. The molecule has 1 fully saturated rings. The van der Waals surface area contributed by atoms with E-state index in [4.69, 9.17) is 0 Å². The van der Waals surface area contributed by atoms with E-state index in [2.05, 4.69) is 22.8 Å². The fourth-order valence-electron chi connectivity index (χ4n) is 1.63. The Labute approximate surface area is 83.5 Å². The third-order valence-electron chi connectivity index (χ3n) is 2.44. The molecule has 1 aliphatic heterocycles. The van der Waals surface area contributed by atoms with E-state index in [9.17, 15) is 4.79 Å². The molecule has 0 unspecified atom stereocenters. The first-order chi connectivity index (χ1) is 6.86. The highest BCUT2D eigenvalue weighted by Gasteiger charge is 2.22. The van der Waals surface area contributed by atoms with Crippen molar-refractivity contribution in [2.75, 3.05) is 6.54 Å². The van der Waals surface area contributed by atoms with Crippen LogP contribution in [-0.2, 0) is 11.3 Å². The number of benzene rings is 1. The van der Waals surface area contributed by atoms with Crippen LogP contribution in [0.15, 0.2) is 30.3 Å². The van der Waals surface area contributed by atoms with Crippen LogP contribution in [0.5, 0.6) is 0 Å². The summed E-state index contributed by atoms with van der Waals surface area (Å²) in [6, 6.07) is 10.1. The molecule has 1 saturated heterocycles. The van der Waals surface area contributed by atoms with Crippen LogP contribution in [0.2, 0.25) is 0 Å². The first kappa shape index (κ1) is 9.21. The standard InChI is InChI=1S/C11H14N2O/c14-11-10(6-7-12-11)13-8-9-4-2-1-3-5-9/h1-5,10,13H,6-8H2,(H,12,14)/t10-/m0/s1. The Morgan fingerprint density at radius 3 is 2.79 bits per heavy atom. The van der Waals surface area contributed by atoms with Crippen LogP contribution in [0.1, 0.15) is 12.0 Å². The van der Waals surface area contributed by atoms with Crippen LogP contribution in [0.4, 0.5) is 0 Å². The summed E-state index contributed by atoms with van der Waals surface area (Å²) in [5.74, 6) is 0.126. The maximum Gasteiger partial charge on any atom is 0.237 e. The predicted octanol–water partition coefficient (Wildman–Crippen LogP) is 0.665. The van der Waals surface area contributed by atoms with Gasteiger partial charge in [0.2, 0.25) is 5.91 Å². The Balaban J connectivity index is 1.85. The Kier molecular flexibility index (Phi) is 2.79. The third-order valence-corrected chi connectivity index (χ3v) is 2.44. The van der Waals surface area contributed by atoms with Gasteiger partial charge in [0.25, 0.3) is 0 Å². The molecule has 2 rings (SSSR count). The monoisotopic (exact) mass is 190 g/mol. The molecule has 1 aromatic rings. The SMILES string of the molecule is O=C1NCC[C@@H]1NCc1ccccc1. The molecule has 1 aromatic carbocycles. The van der Waals surface area contributed by atoms with Crippen LogP contribution in [0.25, 0.3) is 0 Å². The molecule has 3 heteroatoms. The Morgan fingerprint density at radius 1 is 1.36 bits per heavy atom. The molecule has 0 radical (unpaired) electrons. The second-order valence-electron chi connectivity index (χ2n) is 3.50. The van der Waals surface area contributed by atoms with Gasteiger partial charge in [-0.05, 0) is 12.0 Å². The molecular formula is C11H14N2O. The molecule has 14 heavy (non-hydrogen) atoms. The summed E-state index contributed by atoms with van der Waals surface area (Å²) < 4.78 is 0. The summed E-state index contributed by atoms with van der Waals surface area (Å²) in [6.07, 6.45) is 0.895. The van der Waals surface area contributed by atoms with Gasteiger partial charge in [0, 0.05) is 13.1 Å². The van der Waals surface area contributed by atoms with Crippen LogP contribution >= 0.6 is 0 Å². The molecule has 0 aliphatic carbocycles. The number of nitrogens with one attached hydrogen (secondary N) is 2. The highest BCUT2D eigenvalue weighted by Crippen LogP contribution is 2.02. The minimum atomic E-state index is -0.00444. The summed E-state index contributed by atoms with van der Waals surface area (Å²) in [5, 5.41) is 6.04. The van der Waals surface area contributed by atoms with E-state index in [0.29, 0.717) is 0 Å². The third kappa shape index (κ3) is 2.12. The first-order valence-electron chi connectivity index (χ1n) is 4.91. The fourth-order valence-corrected chi connectivity index (χ4v) is 1.63. The summed E-state index contributed by atoms with van der Waals surface area (Å²) in [4.78, 5) is 11.2. The van der Waals surface area contributed by atoms with E-state index in [1.54, 1.807) is 0 Å². The Morgan fingerprint density at radius 2 is 2.14 bits per heavy atom. The lowest BCUT2D eigenvalue weighted by atomic mass is 10.2. The van der Waals surface area contributed by atoms with Crippen molar-refractivity contribution in [2.45, 2.75) is 19.0 Å². The van der Waals surface area contributed by atoms with E-state index >= 15 is 0 Å². The largest absolute Gasteiger partial charge is 0.355 e. The van der Waals surface area contributed by atoms with Crippen molar-refractivity contribution < 1.29 is 4.79 Å². The quantitative estimate of drug-likeness (QED) is 0.735. The molecule has 1 heterocycles. The highest BCUT2D eigenvalue weighted by molar-refractivity contribution is 5.83. The molecule has 0 aromatic heterocycles. The van der Waals surface area contributed by atoms with E-state index < -0.39 is 0 Å². The zero-order valence-electron chi connectivity index (χ0n) is 7.99. The fraction of sp³-hybridized carbons (Fsp3) is 0.364. The maximum atomic E-state index is 11.2. The second kappa shape index (κ2) is 4.24. The van der Waals surface area contributed by atoms with Crippen molar-refractivity contribution >= 4 is 5.91 Å². The number of carbonyl (C=O) groups excluding carboxylic acids is 1. The van der Waals surface area contributed by atoms with Gasteiger partial charge in [-0.15, -0.1) is 0 Å². The molecule has 1 amide bonds. The topological polar surface area (TPSA) is 41.1 Å². The molecule has 3 nitrogen and oxygen atoms in total. The zero-order chi connectivity index (χ0) is 9.80. The summed E-state index contributed by atoms with van der Waals surface area (Å²) in [7, 11) is 0. The highest BCUT2D eigenvalue weighted by atomic mass is 16.2. The van der Waals surface area contributed by atoms with E-state index in [1.807, 2.05) is 18.2 Å². The van der Waals surface area contributed by atoms with Gasteiger partial charge >= 0.3 is 0 Å². The van der Waals surface area contributed by atoms with Crippen molar-refractivity contribution in [3.05, 3.63) is 35.9 Å². The van der Waals surface area contributed by atoms with Crippen LogP contribution in [-0.4, -0.2) is 18.5 Å². The summed E-state index contributed by atoms with van der Waals surface area (Å²) in [6.45, 7) is 1.56. The Bertz CT molecular complexity index is 310. The van der Waals surface area contributed by atoms with E-state index in [0.717, 1.165) is 19.5 Å². The van der Waals surface area contributed by atoms with Crippen molar-refractivity contribution in [1.29, 1.82) is 0 Å². The molecule has 0 bridgehead atoms. The van der Waals surface area contributed by atoms with Crippen LogP contribution in [0, 0.1) is 0 Å². The number of carbonyl (C=O) groups is 1. The van der Waals surface area contributed by atoms with Crippen molar-refractivity contribution in [2.24, 2.45) is 0 Å². The van der Waals surface area contributed by atoms with Gasteiger partial charge in [-0.2, -0.15) is 0 Å². The van der Waals surface area contributed by atoms with Gasteiger partial charge in [-0.1, -0.05) is 30.3 Å². The van der Waals surface area contributed by atoms with Gasteiger partial charge in [0.15, 0.2) is 0 Å². The van der Waals surface area contributed by atoms with E-state index in [1.165, 1.54) is 5.56 Å². The molecule has 0 spiro atoms. The van der Waals surface area contributed by atoms with Gasteiger partial charge in [-0.3, -0.25) is 4.79 Å². The van der Waals surface area contributed by atoms with Crippen LogP contribution in [0.3, 0.4) is 0 Å². The molecule has 1 atom stereocenters. The first-order valence-corrected chi connectivity index (χ1v) is 4.91. The molecule has 0 saturated carbocycles. The van der Waals surface area contributed by atoms with Crippen molar-refractivity contribution in [3.8, 4) is 0 Å². The number of hydrogen-bond acceptors (Lipinski definition) is 2. The second-order valence-corrected chi connectivity index (χ2v) is 3.50. The average Bonchev–Trinajstić information content (AvgIpc) is 2.63. The minimum absolute atomic E-state index is 0.00444. The summed E-state index contributed by atoms with van der Waals surface area (Å²) in [5.41, 5.74) is 1.22. The lowest BCUT2D eigenvalue weighted by Gasteiger charge is -2.09. The number of rotatable bonds is 3. The van der Waals surface area contributed by atoms with Gasteiger partial charge in [-0.25, -0.2) is 0 Å². The van der Waals surface area contributed by atoms with E-state index in [-0.39, 0.29) is 11.9 Å². The maximum absolute atomic E-state index is 11.2. The normalized spacial score (nSPS) is 20.9. The number of hydrogen-bond donors (Lipinski definition) is 2. The van der Waals surface area contributed by atoms with Gasteiger partial charge in [0.05, 0.1) is 6.04 Å². The van der Waals surface area contributed by atoms with Crippen molar-refractivity contribution in [3.63, 3.8) is 0 Å². The summed E-state index contributed by atoms with van der Waals surface area (Å²) >= 11 is 0. The minimum Gasteiger partial charge on any atom is -0.355 e. The molecule has 74 valence electrons. The van der Waals surface area contributed by atoms with Crippen LogP contribution < -0.4 is 10.6 Å². The predicted molar refractivity (Wildman–Crippen MR) is 54.7 cm³/mol. The van der Waals surface area contributed by atoms with Gasteiger partial charge < -0.3 is 10.6 Å². The molecule has 2 N–H and O–H groups in total. The van der Waals surface area contributed by atoms with Gasteiger partial charge in [0.1, 0.15) is 0 Å².